The molecule has 0 aromatic heterocycles. The third-order valence-corrected chi connectivity index (χ3v) is 4.29. The molecule has 1 atom stereocenters. The van der Waals surface area contributed by atoms with E-state index in [-0.39, 0.29) is 23.3 Å². The summed E-state index contributed by atoms with van der Waals surface area (Å²) in [7, 11) is 0. The highest BCUT2D eigenvalue weighted by molar-refractivity contribution is 6.03. The smallest absolute Gasteiger partial charge is 0.246 e. The summed E-state index contributed by atoms with van der Waals surface area (Å²) in [6.07, 6.45) is 0.969. The molecule has 0 aromatic carbocycles. The van der Waals surface area contributed by atoms with Crippen LogP contribution < -0.4 is 10.6 Å². The number of amides is 2. The quantitative estimate of drug-likeness (QED) is 0.651. The Balaban J connectivity index is 2.29. The minimum Gasteiger partial charge on any atom is -0.316 e. The van der Waals surface area contributed by atoms with Gasteiger partial charge in [0.1, 0.15) is 0 Å². The van der Waals surface area contributed by atoms with Crippen molar-refractivity contribution in [2.24, 2.45) is 5.41 Å². The van der Waals surface area contributed by atoms with Crippen molar-refractivity contribution in [3.63, 3.8) is 0 Å². The van der Waals surface area contributed by atoms with Crippen LogP contribution in [0.5, 0.6) is 0 Å². The Hall–Kier alpha value is -0.940. The molecule has 2 amide bonds. The van der Waals surface area contributed by atoms with E-state index in [9.17, 15) is 9.59 Å². The molecule has 2 rings (SSSR count). The van der Waals surface area contributed by atoms with E-state index in [1.54, 1.807) is 0 Å². The van der Waals surface area contributed by atoms with Crippen molar-refractivity contribution in [3.05, 3.63) is 0 Å². The first-order valence-electron chi connectivity index (χ1n) is 6.57. The average molecular weight is 253 g/mol. The van der Waals surface area contributed by atoms with E-state index in [4.69, 9.17) is 0 Å². The van der Waals surface area contributed by atoms with Gasteiger partial charge in [-0.15, -0.1) is 0 Å². The minimum atomic E-state index is -0.618. The number of piperidine rings is 1. The van der Waals surface area contributed by atoms with Crippen LogP contribution in [0.4, 0.5) is 0 Å². The first kappa shape index (κ1) is 13.5. The van der Waals surface area contributed by atoms with Crippen molar-refractivity contribution in [1.82, 2.24) is 15.5 Å². The number of hydrogen-bond donors (Lipinski definition) is 2. The number of nitrogens with one attached hydrogen (secondary N) is 2. The molecule has 0 radical (unpaired) electrons. The van der Waals surface area contributed by atoms with Gasteiger partial charge in [-0.25, -0.2) is 0 Å². The van der Waals surface area contributed by atoms with E-state index in [0.29, 0.717) is 6.54 Å². The zero-order valence-corrected chi connectivity index (χ0v) is 11.7. The van der Waals surface area contributed by atoms with Crippen molar-refractivity contribution >= 4 is 11.8 Å². The molecule has 2 fully saturated rings. The van der Waals surface area contributed by atoms with Gasteiger partial charge in [0.25, 0.3) is 0 Å². The summed E-state index contributed by atoms with van der Waals surface area (Å²) < 4.78 is 0. The number of carbonyl (C=O) groups excluding carboxylic acids is 2. The lowest BCUT2D eigenvalue weighted by Gasteiger charge is -2.52. The molecule has 0 saturated carbocycles. The molecule has 2 aliphatic heterocycles. The molecular weight excluding hydrogens is 230 g/mol. The van der Waals surface area contributed by atoms with Crippen LogP contribution in [0.25, 0.3) is 0 Å². The van der Waals surface area contributed by atoms with Crippen LogP contribution in [0.1, 0.15) is 34.1 Å². The highest BCUT2D eigenvalue weighted by Gasteiger charge is 2.48. The molecule has 0 spiro atoms. The second-order valence-corrected chi connectivity index (χ2v) is 6.53. The van der Waals surface area contributed by atoms with Crippen molar-refractivity contribution < 1.29 is 9.59 Å². The Kier molecular flexibility index (Phi) is 3.23. The first-order valence-corrected chi connectivity index (χ1v) is 6.57. The Morgan fingerprint density at radius 1 is 1.22 bits per heavy atom. The number of hydrogen-bond acceptors (Lipinski definition) is 4. The van der Waals surface area contributed by atoms with Crippen molar-refractivity contribution in [2.45, 2.75) is 45.7 Å². The minimum absolute atomic E-state index is 0.0629. The fraction of sp³-hybridized carbons (Fsp3) is 0.846. The van der Waals surface area contributed by atoms with Crippen LogP contribution >= 0.6 is 0 Å². The highest BCUT2D eigenvalue weighted by Crippen LogP contribution is 2.34. The van der Waals surface area contributed by atoms with Gasteiger partial charge < -0.3 is 5.32 Å². The summed E-state index contributed by atoms with van der Waals surface area (Å²) in [6, 6.07) is 0.253. The Bertz CT molecular complexity index is 376. The number of piperazine rings is 1. The SMILES string of the molecule is CC1(C)CNCCC1N1CC(=O)NC(=O)C1(C)C. The van der Waals surface area contributed by atoms with Crippen LogP contribution in [0.2, 0.25) is 0 Å². The molecule has 102 valence electrons. The Labute approximate surface area is 108 Å². The third kappa shape index (κ3) is 2.17. The second kappa shape index (κ2) is 4.31. The molecule has 0 bridgehead atoms. The van der Waals surface area contributed by atoms with Gasteiger partial charge >= 0.3 is 0 Å². The van der Waals surface area contributed by atoms with Crippen LogP contribution in [-0.2, 0) is 9.59 Å². The summed E-state index contributed by atoms with van der Waals surface area (Å²) in [5, 5.41) is 5.81. The summed E-state index contributed by atoms with van der Waals surface area (Å²) >= 11 is 0. The lowest BCUT2D eigenvalue weighted by Crippen LogP contribution is -2.70. The van der Waals surface area contributed by atoms with Gasteiger partial charge in [-0.05, 0) is 32.2 Å². The second-order valence-electron chi connectivity index (χ2n) is 6.53. The largest absolute Gasteiger partial charge is 0.316 e. The maximum Gasteiger partial charge on any atom is 0.246 e. The van der Waals surface area contributed by atoms with Crippen molar-refractivity contribution in [1.29, 1.82) is 0 Å². The molecule has 2 saturated heterocycles. The van der Waals surface area contributed by atoms with E-state index >= 15 is 0 Å². The predicted octanol–water partition coefficient (Wildman–Crippen LogP) is 0.112. The summed E-state index contributed by atoms with van der Waals surface area (Å²) in [6.45, 7) is 10.3. The van der Waals surface area contributed by atoms with E-state index in [1.807, 2.05) is 13.8 Å². The van der Waals surface area contributed by atoms with E-state index in [2.05, 4.69) is 29.4 Å². The fourth-order valence-corrected chi connectivity index (χ4v) is 3.04. The number of carbonyl (C=O) groups is 2. The molecule has 2 aliphatic rings. The molecule has 2 heterocycles. The predicted molar refractivity (Wildman–Crippen MR) is 69.0 cm³/mol. The van der Waals surface area contributed by atoms with Crippen molar-refractivity contribution in [3.8, 4) is 0 Å². The molecule has 0 aliphatic carbocycles. The highest BCUT2D eigenvalue weighted by atomic mass is 16.2. The number of imide groups is 1. The lowest BCUT2D eigenvalue weighted by atomic mass is 9.76. The molecule has 2 N–H and O–H groups in total. The monoisotopic (exact) mass is 253 g/mol. The standard InChI is InChI=1S/C13H23N3O2/c1-12(2)8-14-6-5-9(12)16-7-10(17)15-11(18)13(16,3)4/h9,14H,5-8H2,1-4H3,(H,15,17,18). The zero-order chi connectivity index (χ0) is 13.6. The summed E-state index contributed by atoms with van der Waals surface area (Å²) in [5.41, 5.74) is -0.555. The van der Waals surface area contributed by atoms with Crippen LogP contribution in [0.3, 0.4) is 0 Å². The number of nitrogens with zero attached hydrogens (tertiary/aromatic N) is 1. The maximum atomic E-state index is 12.0. The zero-order valence-electron chi connectivity index (χ0n) is 11.7. The van der Waals surface area contributed by atoms with Gasteiger partial charge in [0.15, 0.2) is 0 Å². The number of rotatable bonds is 1. The molecular formula is C13H23N3O2. The first-order chi connectivity index (χ1) is 8.25. The van der Waals surface area contributed by atoms with Gasteiger partial charge in [-0.1, -0.05) is 13.8 Å². The molecule has 5 nitrogen and oxygen atoms in total. The summed E-state index contributed by atoms with van der Waals surface area (Å²) in [4.78, 5) is 25.7. The fourth-order valence-electron chi connectivity index (χ4n) is 3.04. The summed E-state index contributed by atoms with van der Waals surface area (Å²) in [5.74, 6) is -0.373. The normalized spacial score (nSPS) is 32.1. The van der Waals surface area contributed by atoms with E-state index in [1.165, 1.54) is 0 Å². The molecule has 1 unspecified atom stereocenters. The van der Waals surface area contributed by atoms with E-state index in [0.717, 1.165) is 19.5 Å². The third-order valence-electron chi connectivity index (χ3n) is 4.29. The van der Waals surface area contributed by atoms with Gasteiger partial charge in [0, 0.05) is 12.6 Å². The van der Waals surface area contributed by atoms with Crippen LogP contribution in [0, 0.1) is 5.41 Å². The lowest BCUT2D eigenvalue weighted by molar-refractivity contribution is -0.150. The van der Waals surface area contributed by atoms with Crippen LogP contribution in [-0.4, -0.2) is 47.9 Å². The van der Waals surface area contributed by atoms with Gasteiger partial charge in [-0.2, -0.15) is 0 Å². The molecule has 0 aromatic rings. The Morgan fingerprint density at radius 2 is 1.89 bits per heavy atom. The van der Waals surface area contributed by atoms with E-state index < -0.39 is 5.54 Å². The maximum absolute atomic E-state index is 12.0. The van der Waals surface area contributed by atoms with Gasteiger partial charge in [0.05, 0.1) is 12.1 Å². The molecule has 5 heteroatoms. The van der Waals surface area contributed by atoms with Crippen molar-refractivity contribution in [2.75, 3.05) is 19.6 Å². The molecule has 18 heavy (non-hydrogen) atoms. The van der Waals surface area contributed by atoms with Gasteiger partial charge in [-0.3, -0.25) is 19.8 Å². The Morgan fingerprint density at radius 3 is 2.50 bits per heavy atom. The average Bonchev–Trinajstić information content (AvgIpc) is 2.24. The topological polar surface area (TPSA) is 61.4 Å². The van der Waals surface area contributed by atoms with Gasteiger partial charge in [0.2, 0.25) is 11.8 Å². The van der Waals surface area contributed by atoms with Crippen LogP contribution in [0.15, 0.2) is 0 Å².